The fourth-order valence-electron chi connectivity index (χ4n) is 1.73. The number of halogens is 3. The molecule has 0 aliphatic heterocycles. The van der Waals surface area contributed by atoms with Gasteiger partial charge in [0.25, 0.3) is 5.91 Å². The lowest BCUT2D eigenvalue weighted by Gasteiger charge is -2.02. The first-order chi connectivity index (χ1) is 9.47. The van der Waals surface area contributed by atoms with Crippen molar-refractivity contribution in [1.29, 1.82) is 0 Å². The molecular formula is C14H11BrCl2N2O2. The van der Waals surface area contributed by atoms with Crippen molar-refractivity contribution in [1.82, 2.24) is 0 Å². The molecule has 2 N–H and O–H groups in total. The molecule has 0 unspecified atom stereocenters. The Bertz CT molecular complexity index is 692. The number of hydrogen-bond donors (Lipinski definition) is 1. The number of pyridine rings is 1. The standard InChI is InChI=1S/C14H10Cl2N2O2.BrH/c15-10-3-4-11(12(16)6-10)13(19)8-18-5-1-2-9(7-18)14(17)20;/h1-7H,8H2,(H-,17,20);1H. The lowest BCUT2D eigenvalue weighted by Crippen LogP contribution is -3.00. The molecule has 110 valence electrons. The minimum absolute atomic E-state index is 0. The van der Waals surface area contributed by atoms with Gasteiger partial charge in [-0.05, 0) is 24.3 Å². The molecule has 1 aromatic heterocycles. The summed E-state index contributed by atoms with van der Waals surface area (Å²) >= 11 is 11.8. The van der Waals surface area contributed by atoms with Gasteiger partial charge in [0.15, 0.2) is 12.4 Å². The summed E-state index contributed by atoms with van der Waals surface area (Å²) in [6, 6.07) is 7.92. The number of aromatic nitrogens is 1. The Kier molecular flexibility index (Phi) is 6.33. The second kappa shape index (κ2) is 7.54. The molecule has 1 heterocycles. The summed E-state index contributed by atoms with van der Waals surface area (Å²) in [6.45, 7) is 0.0580. The van der Waals surface area contributed by atoms with E-state index in [1.807, 2.05) is 0 Å². The molecule has 0 spiro atoms. The van der Waals surface area contributed by atoms with Crippen molar-refractivity contribution in [3.8, 4) is 0 Å². The topological polar surface area (TPSA) is 64.0 Å². The van der Waals surface area contributed by atoms with Gasteiger partial charge in [-0.3, -0.25) is 9.59 Å². The molecule has 0 aliphatic carbocycles. The summed E-state index contributed by atoms with van der Waals surface area (Å²) in [6.07, 6.45) is 3.19. The third kappa shape index (κ3) is 4.52. The lowest BCUT2D eigenvalue weighted by molar-refractivity contribution is -0.683. The third-order valence-electron chi connectivity index (χ3n) is 2.70. The van der Waals surface area contributed by atoms with E-state index >= 15 is 0 Å². The van der Waals surface area contributed by atoms with Crippen molar-refractivity contribution < 1.29 is 31.1 Å². The zero-order chi connectivity index (χ0) is 14.7. The summed E-state index contributed by atoms with van der Waals surface area (Å²) in [5.41, 5.74) is 5.91. The zero-order valence-electron chi connectivity index (χ0n) is 10.7. The smallest absolute Gasteiger partial charge is 0.254 e. The van der Waals surface area contributed by atoms with Gasteiger partial charge < -0.3 is 22.7 Å². The van der Waals surface area contributed by atoms with Gasteiger partial charge in [0.2, 0.25) is 12.3 Å². The SMILES string of the molecule is NC(=O)c1ccc[n+](CC(=O)c2ccc(Cl)cc2Cl)c1.[Br-]. The first kappa shape index (κ1) is 17.6. The predicted molar refractivity (Wildman–Crippen MR) is 75.9 cm³/mol. The highest BCUT2D eigenvalue weighted by Crippen LogP contribution is 2.21. The van der Waals surface area contributed by atoms with Crippen LogP contribution in [0.15, 0.2) is 42.7 Å². The molecule has 1 amide bonds. The summed E-state index contributed by atoms with van der Waals surface area (Å²) in [5.74, 6) is -0.727. The molecule has 7 heteroatoms. The highest BCUT2D eigenvalue weighted by Gasteiger charge is 2.16. The Labute approximate surface area is 142 Å². The van der Waals surface area contributed by atoms with Crippen LogP contribution in [0.2, 0.25) is 10.0 Å². The monoisotopic (exact) mass is 388 g/mol. The van der Waals surface area contributed by atoms with E-state index in [2.05, 4.69) is 0 Å². The molecule has 1 aromatic carbocycles. The summed E-state index contributed by atoms with van der Waals surface area (Å²) in [7, 11) is 0. The molecule has 2 aromatic rings. The quantitative estimate of drug-likeness (QED) is 0.553. The molecule has 0 bridgehead atoms. The first-order valence-electron chi connectivity index (χ1n) is 5.74. The first-order valence-corrected chi connectivity index (χ1v) is 6.50. The van der Waals surface area contributed by atoms with Crippen molar-refractivity contribution >= 4 is 34.9 Å². The second-order valence-corrected chi connectivity index (χ2v) is 5.02. The molecule has 0 fully saturated rings. The number of nitrogens with zero attached hydrogens (tertiary/aromatic N) is 1. The van der Waals surface area contributed by atoms with Gasteiger partial charge >= 0.3 is 0 Å². The van der Waals surface area contributed by atoms with Crippen LogP contribution in [0.25, 0.3) is 0 Å². The van der Waals surface area contributed by atoms with Gasteiger partial charge in [-0.2, -0.15) is 4.57 Å². The van der Waals surface area contributed by atoms with E-state index in [-0.39, 0.29) is 29.3 Å². The van der Waals surface area contributed by atoms with Crippen molar-refractivity contribution in [3.63, 3.8) is 0 Å². The average molecular weight is 390 g/mol. The van der Waals surface area contributed by atoms with E-state index in [4.69, 9.17) is 28.9 Å². The number of benzene rings is 1. The maximum Gasteiger partial charge on any atom is 0.254 e. The van der Waals surface area contributed by atoms with Crippen LogP contribution >= 0.6 is 23.2 Å². The van der Waals surface area contributed by atoms with Crippen LogP contribution in [0.4, 0.5) is 0 Å². The van der Waals surface area contributed by atoms with Crippen molar-refractivity contribution in [2.75, 3.05) is 0 Å². The minimum atomic E-state index is -0.545. The molecule has 4 nitrogen and oxygen atoms in total. The van der Waals surface area contributed by atoms with E-state index < -0.39 is 5.91 Å². The number of carbonyl (C=O) groups excluding carboxylic acids is 2. The van der Waals surface area contributed by atoms with E-state index in [0.29, 0.717) is 21.2 Å². The molecule has 0 aliphatic rings. The number of rotatable bonds is 4. The largest absolute Gasteiger partial charge is 1.00 e. The number of hydrogen-bond acceptors (Lipinski definition) is 2. The van der Waals surface area contributed by atoms with Crippen LogP contribution in [0.5, 0.6) is 0 Å². The fraction of sp³-hybridized carbons (Fsp3) is 0.0714. The van der Waals surface area contributed by atoms with Crippen LogP contribution in [0.1, 0.15) is 20.7 Å². The molecule has 0 saturated carbocycles. The van der Waals surface area contributed by atoms with Crippen LogP contribution in [0, 0.1) is 0 Å². The number of primary amides is 1. The van der Waals surface area contributed by atoms with Crippen LogP contribution < -0.4 is 27.3 Å². The molecular weight excluding hydrogens is 379 g/mol. The second-order valence-electron chi connectivity index (χ2n) is 4.18. The van der Waals surface area contributed by atoms with Gasteiger partial charge in [-0.1, -0.05) is 23.2 Å². The van der Waals surface area contributed by atoms with Crippen molar-refractivity contribution in [3.05, 3.63) is 63.9 Å². The average Bonchev–Trinajstić information content (AvgIpc) is 2.38. The maximum absolute atomic E-state index is 12.2. The Balaban J connectivity index is 0.00000220. The Morgan fingerprint density at radius 1 is 1.19 bits per heavy atom. The maximum atomic E-state index is 12.2. The zero-order valence-corrected chi connectivity index (χ0v) is 13.8. The van der Waals surface area contributed by atoms with E-state index in [0.717, 1.165) is 0 Å². The van der Waals surface area contributed by atoms with E-state index in [9.17, 15) is 9.59 Å². The molecule has 2 rings (SSSR count). The minimum Gasteiger partial charge on any atom is -1.00 e. The Morgan fingerprint density at radius 3 is 2.52 bits per heavy atom. The van der Waals surface area contributed by atoms with Gasteiger partial charge in [0, 0.05) is 16.7 Å². The van der Waals surface area contributed by atoms with Crippen LogP contribution in [-0.2, 0) is 6.54 Å². The van der Waals surface area contributed by atoms with Gasteiger partial charge in [0.1, 0.15) is 5.56 Å². The molecule has 21 heavy (non-hydrogen) atoms. The lowest BCUT2D eigenvalue weighted by atomic mass is 10.1. The third-order valence-corrected chi connectivity index (χ3v) is 3.25. The summed E-state index contributed by atoms with van der Waals surface area (Å²) < 4.78 is 1.58. The summed E-state index contributed by atoms with van der Waals surface area (Å²) in [5, 5.41) is 0.768. The molecule has 0 atom stereocenters. The molecule has 0 saturated heterocycles. The van der Waals surface area contributed by atoms with Gasteiger partial charge in [-0.15, -0.1) is 0 Å². The summed E-state index contributed by atoms with van der Waals surface area (Å²) in [4.78, 5) is 23.3. The number of amides is 1. The molecule has 0 radical (unpaired) electrons. The van der Waals surface area contributed by atoms with Crippen LogP contribution in [-0.4, -0.2) is 11.7 Å². The van der Waals surface area contributed by atoms with Crippen LogP contribution in [0.3, 0.4) is 0 Å². The fourth-order valence-corrected chi connectivity index (χ4v) is 2.25. The number of carbonyl (C=O) groups is 2. The van der Waals surface area contributed by atoms with Gasteiger partial charge in [0.05, 0.1) is 5.02 Å². The highest BCUT2D eigenvalue weighted by atomic mass is 79.9. The highest BCUT2D eigenvalue weighted by molar-refractivity contribution is 6.36. The van der Waals surface area contributed by atoms with Gasteiger partial charge in [-0.25, -0.2) is 0 Å². The number of Topliss-reactive ketones (excluding diaryl/α,β-unsaturated/α-hetero) is 1. The number of ketones is 1. The predicted octanol–water partition coefficient (Wildman–Crippen LogP) is -0.733. The van der Waals surface area contributed by atoms with E-state index in [1.165, 1.54) is 12.3 Å². The van der Waals surface area contributed by atoms with E-state index in [1.54, 1.807) is 35.0 Å². The number of nitrogens with two attached hydrogens (primary N) is 1. The Hall–Kier alpha value is -1.43. The van der Waals surface area contributed by atoms with Crippen molar-refractivity contribution in [2.45, 2.75) is 6.54 Å². The Morgan fingerprint density at radius 2 is 1.90 bits per heavy atom. The van der Waals surface area contributed by atoms with Crippen molar-refractivity contribution in [2.24, 2.45) is 5.73 Å². The normalized spacial score (nSPS) is 9.81.